The van der Waals surface area contributed by atoms with Crippen molar-refractivity contribution in [3.05, 3.63) is 27.2 Å². The Labute approximate surface area is 115 Å². The van der Waals surface area contributed by atoms with Gasteiger partial charge in [-0.3, -0.25) is 4.90 Å². The second kappa shape index (κ2) is 6.05. The third kappa shape index (κ3) is 3.35. The maximum atomic E-state index is 6.17. The lowest BCUT2D eigenvalue weighted by molar-refractivity contribution is 0.230. The quantitative estimate of drug-likeness (QED) is 0.926. The van der Waals surface area contributed by atoms with Crippen molar-refractivity contribution in [3.8, 4) is 5.75 Å². The summed E-state index contributed by atoms with van der Waals surface area (Å²) in [5.74, 6) is 0.786. The number of methoxy groups -OCH3 is 1. The number of ether oxygens (including phenoxy) is 1. The van der Waals surface area contributed by atoms with E-state index in [0.717, 1.165) is 48.5 Å². The fourth-order valence-electron chi connectivity index (χ4n) is 2.07. The van der Waals surface area contributed by atoms with E-state index in [-0.39, 0.29) is 0 Å². The normalized spacial score (nSPS) is 17.1. The Morgan fingerprint density at radius 1 is 1.41 bits per heavy atom. The van der Waals surface area contributed by atoms with Crippen molar-refractivity contribution in [2.45, 2.75) is 6.54 Å². The summed E-state index contributed by atoms with van der Waals surface area (Å²) in [5, 5.41) is 4.00. The smallest absolute Gasteiger partial charge is 0.142 e. The first-order valence-corrected chi connectivity index (χ1v) is 6.83. The van der Waals surface area contributed by atoms with Crippen LogP contribution in [-0.4, -0.2) is 38.2 Å². The minimum absolute atomic E-state index is 0.659. The Balaban J connectivity index is 2.18. The number of hydrogen-bond acceptors (Lipinski definition) is 3. The van der Waals surface area contributed by atoms with E-state index in [0.29, 0.717) is 5.02 Å². The van der Waals surface area contributed by atoms with Gasteiger partial charge < -0.3 is 10.1 Å². The molecule has 0 bridgehead atoms. The molecule has 94 valence electrons. The molecule has 0 radical (unpaired) electrons. The molecular weight excluding hydrogens is 304 g/mol. The van der Waals surface area contributed by atoms with Crippen LogP contribution in [-0.2, 0) is 6.54 Å². The third-order valence-electron chi connectivity index (χ3n) is 2.89. The minimum Gasteiger partial charge on any atom is -0.495 e. The van der Waals surface area contributed by atoms with E-state index in [2.05, 4.69) is 32.2 Å². The van der Waals surface area contributed by atoms with E-state index in [1.54, 1.807) is 7.11 Å². The molecule has 1 heterocycles. The summed E-state index contributed by atoms with van der Waals surface area (Å²) in [6.45, 7) is 5.10. The Hall–Kier alpha value is -0.290. The molecule has 0 aromatic heterocycles. The molecule has 0 amide bonds. The standard InChI is InChI=1S/C12H16BrClN2O/c1-17-12-9(6-10(13)7-11(12)14)8-16-4-2-15-3-5-16/h6-7,15H,2-5,8H2,1H3. The summed E-state index contributed by atoms with van der Waals surface area (Å²) < 4.78 is 6.37. The molecule has 1 N–H and O–H groups in total. The van der Waals surface area contributed by atoms with Gasteiger partial charge in [0.15, 0.2) is 0 Å². The molecule has 0 saturated carbocycles. The maximum absolute atomic E-state index is 6.17. The lowest BCUT2D eigenvalue weighted by atomic mass is 10.1. The van der Waals surface area contributed by atoms with Crippen LogP contribution in [0.3, 0.4) is 0 Å². The Kier molecular flexibility index (Phi) is 4.68. The predicted molar refractivity (Wildman–Crippen MR) is 73.9 cm³/mol. The first-order chi connectivity index (χ1) is 8.20. The summed E-state index contributed by atoms with van der Waals surface area (Å²) in [4.78, 5) is 2.40. The zero-order valence-corrected chi connectivity index (χ0v) is 12.1. The van der Waals surface area contributed by atoms with Crippen LogP contribution in [0.15, 0.2) is 16.6 Å². The van der Waals surface area contributed by atoms with Gasteiger partial charge in [0.05, 0.1) is 12.1 Å². The zero-order chi connectivity index (χ0) is 12.3. The molecule has 0 unspecified atom stereocenters. The Morgan fingerprint density at radius 2 is 2.12 bits per heavy atom. The SMILES string of the molecule is COc1c(Cl)cc(Br)cc1CN1CCNCC1. The lowest BCUT2D eigenvalue weighted by Gasteiger charge is -2.28. The second-order valence-corrected chi connectivity index (χ2v) is 5.43. The molecule has 0 aliphatic carbocycles. The molecule has 0 spiro atoms. The van der Waals surface area contributed by atoms with Crippen LogP contribution in [0.2, 0.25) is 5.02 Å². The topological polar surface area (TPSA) is 24.5 Å². The van der Waals surface area contributed by atoms with Crippen LogP contribution in [0.5, 0.6) is 5.75 Å². The van der Waals surface area contributed by atoms with Crippen molar-refractivity contribution in [2.24, 2.45) is 0 Å². The summed E-state index contributed by atoms with van der Waals surface area (Å²) in [6, 6.07) is 3.94. The third-order valence-corrected chi connectivity index (χ3v) is 3.63. The maximum Gasteiger partial charge on any atom is 0.142 e. The number of hydrogen-bond donors (Lipinski definition) is 1. The van der Waals surface area contributed by atoms with Crippen molar-refractivity contribution >= 4 is 27.5 Å². The summed E-state index contributed by atoms with van der Waals surface area (Å²) in [5.41, 5.74) is 1.13. The van der Waals surface area contributed by atoms with Crippen molar-refractivity contribution in [1.29, 1.82) is 0 Å². The molecular formula is C12H16BrClN2O. The summed E-state index contributed by atoms with van der Waals surface area (Å²) >= 11 is 9.64. The number of benzene rings is 1. The van der Waals surface area contributed by atoms with Crippen molar-refractivity contribution in [2.75, 3.05) is 33.3 Å². The van der Waals surface area contributed by atoms with Crippen molar-refractivity contribution < 1.29 is 4.74 Å². The number of nitrogens with one attached hydrogen (secondary N) is 1. The largest absolute Gasteiger partial charge is 0.495 e. The molecule has 1 aromatic carbocycles. The Bertz CT molecular complexity index is 394. The van der Waals surface area contributed by atoms with Crippen LogP contribution >= 0.6 is 27.5 Å². The lowest BCUT2D eigenvalue weighted by Crippen LogP contribution is -2.42. The van der Waals surface area contributed by atoms with Crippen LogP contribution < -0.4 is 10.1 Å². The molecule has 1 aliphatic rings. The van der Waals surface area contributed by atoms with Gasteiger partial charge in [-0.2, -0.15) is 0 Å². The second-order valence-electron chi connectivity index (χ2n) is 4.11. The van der Waals surface area contributed by atoms with E-state index in [9.17, 15) is 0 Å². The molecule has 5 heteroatoms. The van der Waals surface area contributed by atoms with E-state index >= 15 is 0 Å². The molecule has 1 saturated heterocycles. The first-order valence-electron chi connectivity index (χ1n) is 5.65. The molecule has 0 atom stereocenters. The monoisotopic (exact) mass is 318 g/mol. The van der Waals surface area contributed by atoms with E-state index in [4.69, 9.17) is 16.3 Å². The number of halogens is 2. The van der Waals surface area contributed by atoms with Gasteiger partial charge in [-0.1, -0.05) is 27.5 Å². The van der Waals surface area contributed by atoms with Gasteiger partial charge in [0.2, 0.25) is 0 Å². The van der Waals surface area contributed by atoms with Gasteiger partial charge in [-0.25, -0.2) is 0 Å². The van der Waals surface area contributed by atoms with Crippen LogP contribution in [0.1, 0.15) is 5.56 Å². The predicted octanol–water partition coefficient (Wildman–Crippen LogP) is 2.52. The number of nitrogens with zero attached hydrogens (tertiary/aromatic N) is 1. The van der Waals surface area contributed by atoms with Crippen LogP contribution in [0.4, 0.5) is 0 Å². The molecule has 3 nitrogen and oxygen atoms in total. The van der Waals surface area contributed by atoms with E-state index in [1.807, 2.05) is 6.07 Å². The molecule has 17 heavy (non-hydrogen) atoms. The highest BCUT2D eigenvalue weighted by molar-refractivity contribution is 9.10. The molecule has 1 aromatic rings. The molecule has 1 fully saturated rings. The van der Waals surface area contributed by atoms with Gasteiger partial charge in [0, 0.05) is 42.8 Å². The van der Waals surface area contributed by atoms with E-state index in [1.165, 1.54) is 0 Å². The van der Waals surface area contributed by atoms with Crippen LogP contribution in [0.25, 0.3) is 0 Å². The van der Waals surface area contributed by atoms with Gasteiger partial charge >= 0.3 is 0 Å². The van der Waals surface area contributed by atoms with Gasteiger partial charge in [0.1, 0.15) is 5.75 Å². The highest BCUT2D eigenvalue weighted by Crippen LogP contribution is 2.33. The fourth-order valence-corrected chi connectivity index (χ4v) is 3.02. The average Bonchev–Trinajstić information content (AvgIpc) is 2.30. The van der Waals surface area contributed by atoms with Gasteiger partial charge in [-0.05, 0) is 12.1 Å². The van der Waals surface area contributed by atoms with Crippen molar-refractivity contribution in [1.82, 2.24) is 10.2 Å². The summed E-state index contributed by atoms with van der Waals surface area (Å²) in [7, 11) is 1.66. The number of piperazine rings is 1. The minimum atomic E-state index is 0.659. The molecule has 1 aliphatic heterocycles. The van der Waals surface area contributed by atoms with Crippen molar-refractivity contribution in [3.63, 3.8) is 0 Å². The summed E-state index contributed by atoms with van der Waals surface area (Å²) in [6.07, 6.45) is 0. The fraction of sp³-hybridized carbons (Fsp3) is 0.500. The first kappa shape index (κ1) is 13.1. The van der Waals surface area contributed by atoms with Crippen LogP contribution in [0, 0.1) is 0 Å². The van der Waals surface area contributed by atoms with E-state index < -0.39 is 0 Å². The molecule has 2 rings (SSSR count). The number of rotatable bonds is 3. The highest BCUT2D eigenvalue weighted by atomic mass is 79.9. The highest BCUT2D eigenvalue weighted by Gasteiger charge is 2.15. The Morgan fingerprint density at radius 3 is 2.76 bits per heavy atom. The van der Waals surface area contributed by atoms with Gasteiger partial charge in [0.25, 0.3) is 0 Å². The average molecular weight is 320 g/mol. The zero-order valence-electron chi connectivity index (χ0n) is 9.80. The van der Waals surface area contributed by atoms with Gasteiger partial charge in [-0.15, -0.1) is 0 Å².